The first-order valence-corrected chi connectivity index (χ1v) is 7.61. The number of halogens is 1. The number of hydrogen-bond donors (Lipinski definition) is 1. The molecule has 23 heavy (non-hydrogen) atoms. The van der Waals surface area contributed by atoms with E-state index in [1.165, 1.54) is 48.0 Å². The first-order chi connectivity index (χ1) is 11.1. The molecule has 0 fully saturated rings. The Morgan fingerprint density at radius 1 is 1.30 bits per heavy atom. The van der Waals surface area contributed by atoms with E-state index in [0.717, 1.165) is 10.4 Å². The lowest BCUT2D eigenvalue weighted by Gasteiger charge is -2.01. The maximum atomic E-state index is 13.2. The summed E-state index contributed by atoms with van der Waals surface area (Å²) in [4.78, 5) is 17.1. The van der Waals surface area contributed by atoms with Gasteiger partial charge in [-0.25, -0.2) is 9.37 Å². The SMILES string of the molecule is O=C(Nc1ncc(Cc2cccc(F)c2)s1)c1cc[n+]([O-])cc1. The predicted molar refractivity (Wildman–Crippen MR) is 84.7 cm³/mol. The van der Waals surface area contributed by atoms with Crippen LogP contribution < -0.4 is 10.0 Å². The number of amides is 1. The molecule has 1 N–H and O–H groups in total. The van der Waals surface area contributed by atoms with Crippen molar-refractivity contribution in [1.29, 1.82) is 0 Å². The summed E-state index contributed by atoms with van der Waals surface area (Å²) in [7, 11) is 0. The summed E-state index contributed by atoms with van der Waals surface area (Å²) in [6, 6.07) is 9.23. The second-order valence-corrected chi connectivity index (χ2v) is 5.95. The Hall–Kier alpha value is -2.80. The monoisotopic (exact) mass is 329 g/mol. The van der Waals surface area contributed by atoms with E-state index in [9.17, 15) is 14.4 Å². The van der Waals surface area contributed by atoms with Gasteiger partial charge in [-0.2, -0.15) is 4.73 Å². The minimum atomic E-state index is -0.336. The highest BCUT2D eigenvalue weighted by atomic mass is 32.1. The maximum absolute atomic E-state index is 13.2. The van der Waals surface area contributed by atoms with Gasteiger partial charge in [-0.1, -0.05) is 12.1 Å². The lowest BCUT2D eigenvalue weighted by molar-refractivity contribution is -0.605. The van der Waals surface area contributed by atoms with Gasteiger partial charge < -0.3 is 5.21 Å². The average molecular weight is 329 g/mol. The molecule has 3 rings (SSSR count). The van der Waals surface area contributed by atoms with Gasteiger partial charge in [0.2, 0.25) is 0 Å². The number of aromatic nitrogens is 2. The van der Waals surface area contributed by atoms with Crippen LogP contribution in [-0.4, -0.2) is 10.9 Å². The summed E-state index contributed by atoms with van der Waals surface area (Å²) < 4.78 is 13.8. The maximum Gasteiger partial charge on any atom is 0.257 e. The topological polar surface area (TPSA) is 68.9 Å². The van der Waals surface area contributed by atoms with Crippen LogP contribution in [0.15, 0.2) is 55.0 Å². The quantitative estimate of drug-likeness (QED) is 0.591. The Kier molecular flexibility index (Phi) is 4.29. The molecule has 0 saturated carbocycles. The van der Waals surface area contributed by atoms with E-state index in [1.807, 2.05) is 6.07 Å². The molecule has 0 aliphatic carbocycles. The van der Waals surface area contributed by atoms with E-state index in [2.05, 4.69) is 10.3 Å². The molecule has 2 heterocycles. The molecule has 116 valence electrons. The zero-order valence-corrected chi connectivity index (χ0v) is 12.7. The molecule has 7 heteroatoms. The van der Waals surface area contributed by atoms with Crippen molar-refractivity contribution in [3.63, 3.8) is 0 Å². The van der Waals surface area contributed by atoms with Gasteiger partial charge in [0.1, 0.15) is 5.82 Å². The van der Waals surface area contributed by atoms with E-state index >= 15 is 0 Å². The molecule has 2 aromatic heterocycles. The van der Waals surface area contributed by atoms with E-state index < -0.39 is 0 Å². The molecule has 0 unspecified atom stereocenters. The lowest BCUT2D eigenvalue weighted by atomic mass is 10.1. The summed E-state index contributed by atoms with van der Waals surface area (Å²) in [6.07, 6.45) is 4.72. The van der Waals surface area contributed by atoms with Crippen LogP contribution in [0.1, 0.15) is 20.8 Å². The van der Waals surface area contributed by atoms with Crippen LogP contribution in [0.5, 0.6) is 0 Å². The van der Waals surface area contributed by atoms with Crippen LogP contribution in [0.3, 0.4) is 0 Å². The molecule has 1 aromatic carbocycles. The second-order valence-electron chi connectivity index (χ2n) is 4.84. The van der Waals surface area contributed by atoms with Crippen LogP contribution in [0.25, 0.3) is 0 Å². The van der Waals surface area contributed by atoms with Crippen LogP contribution in [0, 0.1) is 11.0 Å². The standard InChI is InChI=1S/C16H12FN3O2S/c17-13-3-1-2-11(8-13)9-14-10-18-16(23-14)19-15(21)12-4-6-20(22)7-5-12/h1-8,10H,9H2,(H,18,19,21). The molecule has 5 nitrogen and oxygen atoms in total. The van der Waals surface area contributed by atoms with E-state index in [1.54, 1.807) is 12.3 Å². The number of benzene rings is 1. The largest absolute Gasteiger partial charge is 0.619 e. The number of carbonyl (C=O) groups is 1. The average Bonchev–Trinajstić information content (AvgIpc) is 2.95. The fourth-order valence-corrected chi connectivity index (χ4v) is 2.87. The lowest BCUT2D eigenvalue weighted by Crippen LogP contribution is -2.25. The molecule has 1 amide bonds. The molecular formula is C16H12FN3O2S. The van der Waals surface area contributed by atoms with Crippen LogP contribution in [0.4, 0.5) is 9.52 Å². The van der Waals surface area contributed by atoms with Gasteiger partial charge >= 0.3 is 0 Å². The number of thiazole rings is 1. The van der Waals surface area contributed by atoms with Crippen molar-refractivity contribution in [3.8, 4) is 0 Å². The number of nitrogens with zero attached hydrogens (tertiary/aromatic N) is 2. The third kappa shape index (κ3) is 3.89. The van der Waals surface area contributed by atoms with Crippen molar-refractivity contribution >= 4 is 22.4 Å². The Labute approximate surface area is 135 Å². The summed E-state index contributed by atoms with van der Waals surface area (Å²) >= 11 is 1.33. The van der Waals surface area contributed by atoms with E-state index in [-0.39, 0.29) is 11.7 Å². The number of nitrogens with one attached hydrogen (secondary N) is 1. The first kappa shape index (κ1) is 15.1. The van der Waals surface area contributed by atoms with Gasteiger partial charge in [-0.15, -0.1) is 11.3 Å². The fourth-order valence-electron chi connectivity index (χ4n) is 2.03. The van der Waals surface area contributed by atoms with Crippen LogP contribution in [0.2, 0.25) is 0 Å². The highest BCUT2D eigenvalue weighted by Crippen LogP contribution is 2.22. The highest BCUT2D eigenvalue weighted by molar-refractivity contribution is 7.15. The third-order valence-corrected chi connectivity index (χ3v) is 4.02. The van der Waals surface area contributed by atoms with Crippen molar-refractivity contribution in [1.82, 2.24) is 4.98 Å². The molecule has 0 bridgehead atoms. The zero-order valence-electron chi connectivity index (χ0n) is 11.9. The predicted octanol–water partition coefficient (Wildman–Crippen LogP) is 2.76. The minimum Gasteiger partial charge on any atom is -0.619 e. The van der Waals surface area contributed by atoms with Crippen molar-refractivity contribution in [2.24, 2.45) is 0 Å². The Morgan fingerprint density at radius 3 is 2.83 bits per heavy atom. The molecule has 0 aliphatic heterocycles. The van der Waals surface area contributed by atoms with Crippen molar-refractivity contribution < 1.29 is 13.9 Å². The van der Waals surface area contributed by atoms with Crippen molar-refractivity contribution in [3.05, 3.63) is 82.0 Å². The third-order valence-electron chi connectivity index (χ3n) is 3.11. The van der Waals surface area contributed by atoms with E-state index in [4.69, 9.17) is 0 Å². The van der Waals surface area contributed by atoms with Crippen LogP contribution in [-0.2, 0) is 6.42 Å². The van der Waals surface area contributed by atoms with Gasteiger partial charge in [0.05, 0.1) is 5.56 Å². The van der Waals surface area contributed by atoms with Crippen LogP contribution >= 0.6 is 11.3 Å². The molecule has 0 aliphatic rings. The van der Waals surface area contributed by atoms with Crippen molar-refractivity contribution in [2.45, 2.75) is 6.42 Å². The molecular weight excluding hydrogens is 317 g/mol. The molecule has 0 saturated heterocycles. The summed E-state index contributed by atoms with van der Waals surface area (Å²) in [5, 5.41) is 14.1. The van der Waals surface area contributed by atoms with Gasteiger partial charge in [-0.3, -0.25) is 10.1 Å². The summed E-state index contributed by atoms with van der Waals surface area (Å²) in [5.41, 5.74) is 1.22. The van der Waals surface area contributed by atoms with Gasteiger partial charge in [0.25, 0.3) is 5.91 Å². The fraction of sp³-hybridized carbons (Fsp3) is 0.0625. The van der Waals surface area contributed by atoms with Gasteiger partial charge in [0.15, 0.2) is 17.5 Å². The number of anilines is 1. The Balaban J connectivity index is 1.67. The number of rotatable bonds is 4. The zero-order chi connectivity index (χ0) is 16.2. The molecule has 0 spiro atoms. The molecule has 3 aromatic rings. The highest BCUT2D eigenvalue weighted by Gasteiger charge is 2.10. The van der Waals surface area contributed by atoms with E-state index in [0.29, 0.717) is 21.8 Å². The molecule has 0 atom stereocenters. The summed E-state index contributed by atoms with van der Waals surface area (Å²) in [5.74, 6) is -0.613. The smallest absolute Gasteiger partial charge is 0.257 e. The normalized spacial score (nSPS) is 10.5. The minimum absolute atomic E-state index is 0.278. The van der Waals surface area contributed by atoms with Gasteiger partial charge in [0, 0.05) is 29.6 Å². The van der Waals surface area contributed by atoms with Crippen molar-refractivity contribution in [2.75, 3.05) is 5.32 Å². The summed E-state index contributed by atoms with van der Waals surface area (Å²) in [6.45, 7) is 0. The second kappa shape index (κ2) is 6.53. The van der Waals surface area contributed by atoms with Gasteiger partial charge in [-0.05, 0) is 17.7 Å². The number of hydrogen-bond acceptors (Lipinski definition) is 4. The molecule has 0 radical (unpaired) electrons. The first-order valence-electron chi connectivity index (χ1n) is 6.79. The Bertz CT molecular complexity index is 833. The number of carbonyl (C=O) groups excluding carboxylic acids is 1. The Morgan fingerprint density at radius 2 is 2.09 bits per heavy atom. The number of pyridine rings is 1.